The van der Waals surface area contributed by atoms with E-state index in [0.717, 1.165) is 5.39 Å². The first-order valence-corrected chi connectivity index (χ1v) is 8.39. The van der Waals surface area contributed by atoms with E-state index in [2.05, 4.69) is 0 Å². The van der Waals surface area contributed by atoms with Crippen molar-refractivity contribution in [3.05, 3.63) is 64.3 Å². The molecule has 26 heavy (non-hydrogen) atoms. The van der Waals surface area contributed by atoms with Crippen molar-refractivity contribution < 1.29 is 19.1 Å². The molecule has 0 radical (unpaired) electrons. The smallest absolute Gasteiger partial charge is 0.310 e. The van der Waals surface area contributed by atoms with Crippen LogP contribution in [0.1, 0.15) is 21.6 Å². The summed E-state index contributed by atoms with van der Waals surface area (Å²) in [5.74, 6) is -0.0896. The highest BCUT2D eigenvalue weighted by Crippen LogP contribution is 2.35. The summed E-state index contributed by atoms with van der Waals surface area (Å²) in [4.78, 5) is 25.0. The van der Waals surface area contributed by atoms with Crippen LogP contribution in [0.2, 0.25) is 5.02 Å². The molecule has 1 heterocycles. The van der Waals surface area contributed by atoms with Crippen LogP contribution in [0, 0.1) is 6.92 Å². The minimum atomic E-state index is -0.381. The van der Waals surface area contributed by atoms with E-state index in [1.807, 2.05) is 6.07 Å². The van der Waals surface area contributed by atoms with Gasteiger partial charge < -0.3 is 9.47 Å². The maximum absolute atomic E-state index is 13.1. The molecular formula is C20H18ClNO4. The van der Waals surface area contributed by atoms with Gasteiger partial charge in [-0.2, -0.15) is 0 Å². The van der Waals surface area contributed by atoms with Crippen LogP contribution in [0.4, 0.5) is 0 Å². The summed E-state index contributed by atoms with van der Waals surface area (Å²) in [6, 6.07) is 12.4. The lowest BCUT2D eigenvalue weighted by Gasteiger charge is -2.08. The molecule has 0 aliphatic heterocycles. The molecule has 134 valence electrons. The zero-order chi connectivity index (χ0) is 18.8. The second-order valence-corrected chi connectivity index (χ2v) is 6.23. The molecule has 0 unspecified atom stereocenters. The van der Waals surface area contributed by atoms with Crippen molar-refractivity contribution >= 4 is 34.4 Å². The summed E-state index contributed by atoms with van der Waals surface area (Å²) in [5, 5.41) is 1.13. The third-order valence-corrected chi connectivity index (χ3v) is 4.68. The molecule has 0 N–H and O–H groups in total. The predicted molar refractivity (Wildman–Crippen MR) is 100 cm³/mol. The lowest BCUT2D eigenvalue weighted by molar-refractivity contribution is -0.139. The number of carbonyl (C=O) groups excluding carboxylic acids is 2. The summed E-state index contributed by atoms with van der Waals surface area (Å²) in [6.07, 6.45) is 0.0543. The Labute approximate surface area is 156 Å². The van der Waals surface area contributed by atoms with Crippen molar-refractivity contribution in [3.63, 3.8) is 0 Å². The Morgan fingerprint density at radius 2 is 1.81 bits per heavy atom. The van der Waals surface area contributed by atoms with Gasteiger partial charge in [-0.3, -0.25) is 14.2 Å². The number of fused-ring (bicyclic) bond motifs is 1. The first-order valence-electron chi connectivity index (χ1n) is 8.02. The summed E-state index contributed by atoms with van der Waals surface area (Å²) >= 11 is 6.28. The molecule has 0 atom stereocenters. The number of carbonyl (C=O) groups is 2. The Balaban J connectivity index is 2.28. The van der Waals surface area contributed by atoms with Gasteiger partial charge in [0.1, 0.15) is 5.75 Å². The molecule has 3 rings (SSSR count). The van der Waals surface area contributed by atoms with Crippen LogP contribution >= 0.6 is 11.6 Å². The molecule has 0 aliphatic carbocycles. The Morgan fingerprint density at radius 1 is 1.12 bits per heavy atom. The van der Waals surface area contributed by atoms with Gasteiger partial charge in [0.05, 0.1) is 31.2 Å². The Morgan fingerprint density at radius 3 is 2.42 bits per heavy atom. The SMILES string of the molecule is COC(=O)Cc1c(C)n(C(=O)c2ccccc2)c2cc(Cl)c(OC)cc12. The van der Waals surface area contributed by atoms with E-state index < -0.39 is 0 Å². The van der Waals surface area contributed by atoms with E-state index >= 15 is 0 Å². The number of ether oxygens (including phenoxy) is 2. The van der Waals surface area contributed by atoms with E-state index in [9.17, 15) is 9.59 Å². The zero-order valence-electron chi connectivity index (χ0n) is 14.7. The van der Waals surface area contributed by atoms with E-state index in [4.69, 9.17) is 21.1 Å². The molecule has 6 heteroatoms. The molecule has 1 aromatic heterocycles. The van der Waals surface area contributed by atoms with E-state index in [-0.39, 0.29) is 18.3 Å². The van der Waals surface area contributed by atoms with Crippen molar-refractivity contribution in [2.24, 2.45) is 0 Å². The fourth-order valence-corrected chi connectivity index (χ4v) is 3.28. The number of halogens is 1. The second-order valence-electron chi connectivity index (χ2n) is 5.83. The number of nitrogens with zero attached hydrogens (tertiary/aromatic N) is 1. The summed E-state index contributed by atoms with van der Waals surface area (Å²) in [5.41, 5.74) is 2.56. The molecule has 0 amide bonds. The standard InChI is InChI=1S/C20H18ClNO4/c1-12-14(10-19(23)26-3)15-9-18(25-2)16(21)11-17(15)22(12)20(24)13-7-5-4-6-8-13/h4-9,11H,10H2,1-3H3. The molecule has 3 aromatic rings. The van der Waals surface area contributed by atoms with Gasteiger partial charge in [-0.15, -0.1) is 0 Å². The lowest BCUT2D eigenvalue weighted by Crippen LogP contribution is -2.14. The first kappa shape index (κ1) is 18.0. The van der Waals surface area contributed by atoms with Crippen LogP contribution in [-0.4, -0.2) is 30.7 Å². The monoisotopic (exact) mass is 371 g/mol. The number of hydrogen-bond acceptors (Lipinski definition) is 4. The van der Waals surface area contributed by atoms with Crippen molar-refractivity contribution in [3.8, 4) is 5.75 Å². The highest BCUT2D eigenvalue weighted by molar-refractivity contribution is 6.33. The normalized spacial score (nSPS) is 10.8. The Kier molecular flexibility index (Phi) is 5.00. The van der Waals surface area contributed by atoms with Gasteiger partial charge >= 0.3 is 5.97 Å². The largest absolute Gasteiger partial charge is 0.495 e. The maximum atomic E-state index is 13.1. The Hall–Kier alpha value is -2.79. The van der Waals surface area contributed by atoms with Crippen molar-refractivity contribution in [2.75, 3.05) is 14.2 Å². The van der Waals surface area contributed by atoms with Gasteiger partial charge in [0.2, 0.25) is 0 Å². The fourth-order valence-electron chi connectivity index (χ4n) is 3.05. The minimum absolute atomic E-state index is 0.0543. The fraction of sp³-hybridized carbons (Fsp3) is 0.200. The Bertz CT molecular complexity index is 992. The summed E-state index contributed by atoms with van der Waals surface area (Å²) in [6.45, 7) is 1.81. The van der Waals surface area contributed by atoms with Crippen molar-refractivity contribution in [1.82, 2.24) is 4.57 Å². The van der Waals surface area contributed by atoms with Crippen LogP contribution in [0.15, 0.2) is 42.5 Å². The second kappa shape index (κ2) is 7.22. The lowest BCUT2D eigenvalue weighted by atomic mass is 10.1. The molecule has 2 aromatic carbocycles. The molecule has 0 aliphatic rings. The van der Waals surface area contributed by atoms with Gasteiger partial charge in [-0.1, -0.05) is 29.8 Å². The van der Waals surface area contributed by atoms with E-state index in [1.165, 1.54) is 14.2 Å². The van der Waals surface area contributed by atoms with E-state index in [1.54, 1.807) is 47.9 Å². The number of hydrogen-bond donors (Lipinski definition) is 0. The highest BCUT2D eigenvalue weighted by Gasteiger charge is 2.23. The third kappa shape index (κ3) is 3.06. The zero-order valence-corrected chi connectivity index (χ0v) is 15.5. The quantitative estimate of drug-likeness (QED) is 0.650. The van der Waals surface area contributed by atoms with Crippen molar-refractivity contribution in [2.45, 2.75) is 13.3 Å². The number of methoxy groups -OCH3 is 2. The summed E-state index contributed by atoms with van der Waals surface area (Å²) in [7, 11) is 2.86. The van der Waals surface area contributed by atoms with Crippen LogP contribution in [0.5, 0.6) is 5.75 Å². The molecule has 0 bridgehead atoms. The average Bonchev–Trinajstić information content (AvgIpc) is 2.91. The molecule has 0 saturated heterocycles. The van der Waals surface area contributed by atoms with Crippen LogP contribution in [-0.2, 0) is 16.0 Å². The predicted octanol–water partition coefficient (Wildman–Crippen LogP) is 4.02. The first-order chi connectivity index (χ1) is 12.5. The van der Waals surface area contributed by atoms with Crippen molar-refractivity contribution in [1.29, 1.82) is 0 Å². The van der Waals surface area contributed by atoms with Crippen LogP contribution in [0.25, 0.3) is 10.9 Å². The van der Waals surface area contributed by atoms with Gasteiger partial charge in [0, 0.05) is 16.6 Å². The molecule has 0 saturated carbocycles. The van der Waals surface area contributed by atoms with Gasteiger partial charge in [-0.25, -0.2) is 0 Å². The molecule has 0 spiro atoms. The maximum Gasteiger partial charge on any atom is 0.310 e. The molecule has 0 fully saturated rings. The van der Waals surface area contributed by atoms with Gasteiger partial charge in [0.15, 0.2) is 0 Å². The van der Waals surface area contributed by atoms with Crippen LogP contribution < -0.4 is 4.74 Å². The number of benzene rings is 2. The highest BCUT2D eigenvalue weighted by atomic mass is 35.5. The number of rotatable bonds is 4. The number of aromatic nitrogens is 1. The third-order valence-electron chi connectivity index (χ3n) is 4.38. The molecule has 5 nitrogen and oxygen atoms in total. The topological polar surface area (TPSA) is 57.5 Å². The van der Waals surface area contributed by atoms with E-state index in [0.29, 0.717) is 33.1 Å². The summed E-state index contributed by atoms with van der Waals surface area (Å²) < 4.78 is 11.7. The minimum Gasteiger partial charge on any atom is -0.495 e. The molecular weight excluding hydrogens is 354 g/mol. The van der Waals surface area contributed by atoms with Gasteiger partial charge in [0.25, 0.3) is 5.91 Å². The number of esters is 1. The van der Waals surface area contributed by atoms with Gasteiger partial charge in [-0.05, 0) is 36.8 Å². The average molecular weight is 372 g/mol. The van der Waals surface area contributed by atoms with Crippen LogP contribution in [0.3, 0.4) is 0 Å².